The summed E-state index contributed by atoms with van der Waals surface area (Å²) in [7, 11) is 0. The number of allylic oxidation sites excluding steroid dienone is 5. The molecule has 0 aliphatic rings. The van der Waals surface area contributed by atoms with Crippen LogP contribution in [0.5, 0.6) is 5.75 Å². The quantitative estimate of drug-likeness (QED) is 0.537. The van der Waals surface area contributed by atoms with Gasteiger partial charge in [-0.15, -0.1) is 0 Å². The Morgan fingerprint density at radius 3 is 2.84 bits per heavy atom. The van der Waals surface area contributed by atoms with Crippen LogP contribution >= 0.6 is 11.6 Å². The minimum Gasteiger partial charge on any atom is -0.484 e. The number of hydrogen-bond acceptors (Lipinski definition) is 4. The Morgan fingerprint density at radius 2 is 2.24 bits per heavy atom. The predicted molar refractivity (Wildman–Crippen MR) is 98.8 cm³/mol. The van der Waals surface area contributed by atoms with E-state index in [0.29, 0.717) is 17.9 Å². The van der Waals surface area contributed by atoms with Gasteiger partial charge in [-0.2, -0.15) is 10.4 Å². The summed E-state index contributed by atoms with van der Waals surface area (Å²) in [5.74, 6) is 0.691. The average Bonchev–Trinajstić information content (AvgIpc) is 2.98. The van der Waals surface area contributed by atoms with Gasteiger partial charge in [0.25, 0.3) is 0 Å². The largest absolute Gasteiger partial charge is 0.484 e. The minimum atomic E-state index is 0.214. The lowest BCUT2D eigenvalue weighted by Crippen LogP contribution is -2.02. The summed E-state index contributed by atoms with van der Waals surface area (Å²) in [5, 5.41) is 13.6. The van der Waals surface area contributed by atoms with Crippen molar-refractivity contribution in [1.29, 1.82) is 5.26 Å². The molecule has 0 aliphatic heterocycles. The zero-order valence-corrected chi connectivity index (χ0v) is 15.0. The van der Waals surface area contributed by atoms with Crippen LogP contribution in [0.25, 0.3) is 5.70 Å². The number of hydrogen-bond donors (Lipinski definition) is 0. The van der Waals surface area contributed by atoms with Crippen LogP contribution in [-0.2, 0) is 6.61 Å². The van der Waals surface area contributed by atoms with E-state index in [-0.39, 0.29) is 5.03 Å². The van der Waals surface area contributed by atoms with Gasteiger partial charge in [0.1, 0.15) is 12.7 Å². The third-order valence-corrected chi connectivity index (χ3v) is 3.76. The lowest BCUT2D eigenvalue weighted by molar-refractivity contribution is 0.299. The van der Waals surface area contributed by atoms with Gasteiger partial charge in [0.2, 0.25) is 0 Å². The molecule has 0 atom stereocenters. The highest BCUT2D eigenvalue weighted by Gasteiger charge is 2.10. The number of rotatable bonds is 7. The van der Waals surface area contributed by atoms with Crippen molar-refractivity contribution in [3.63, 3.8) is 0 Å². The summed E-state index contributed by atoms with van der Waals surface area (Å²) < 4.78 is 7.60. The first-order chi connectivity index (χ1) is 12.1. The van der Waals surface area contributed by atoms with E-state index in [2.05, 4.69) is 16.7 Å². The molecule has 0 unspecified atom stereocenters. The lowest BCUT2D eigenvalue weighted by Gasteiger charge is -2.08. The van der Waals surface area contributed by atoms with Crippen molar-refractivity contribution in [3.8, 4) is 11.8 Å². The van der Waals surface area contributed by atoms with Crippen LogP contribution in [0.3, 0.4) is 0 Å². The molecule has 0 saturated heterocycles. The third-order valence-electron chi connectivity index (χ3n) is 3.56. The standard InChI is InChI=1S/C19H19ClN4O/c1-4-18(9-8-16(11-21)14(2)20)24-15(3)19(12-23-24)25-13-17-7-5-6-10-22-17/h5-10,12H,2,4,13H2,1,3H3/b16-8-,18-9+. The minimum absolute atomic E-state index is 0.214. The Labute approximate surface area is 152 Å². The maximum atomic E-state index is 9.05. The number of nitriles is 1. The van der Waals surface area contributed by atoms with Crippen molar-refractivity contribution >= 4 is 17.3 Å². The highest BCUT2D eigenvalue weighted by atomic mass is 35.5. The van der Waals surface area contributed by atoms with Gasteiger partial charge in [-0.25, -0.2) is 4.68 Å². The van der Waals surface area contributed by atoms with Crippen molar-refractivity contribution in [2.24, 2.45) is 0 Å². The topological polar surface area (TPSA) is 63.7 Å². The molecule has 2 rings (SSSR count). The molecule has 2 heterocycles. The molecule has 0 spiro atoms. The molecule has 5 nitrogen and oxygen atoms in total. The molecule has 0 amide bonds. The Hall–Kier alpha value is -2.84. The Balaban J connectivity index is 2.20. The second kappa shape index (κ2) is 8.86. The fraction of sp³-hybridized carbons (Fsp3) is 0.211. The second-order valence-corrected chi connectivity index (χ2v) is 5.68. The second-order valence-electron chi connectivity index (χ2n) is 5.22. The normalized spacial score (nSPS) is 11.9. The van der Waals surface area contributed by atoms with Crippen LogP contribution in [-0.4, -0.2) is 14.8 Å². The molecular weight excluding hydrogens is 336 g/mol. The van der Waals surface area contributed by atoms with Gasteiger partial charge in [-0.05, 0) is 37.6 Å². The first-order valence-corrected chi connectivity index (χ1v) is 8.18. The summed E-state index contributed by atoms with van der Waals surface area (Å²) in [6.07, 6.45) is 7.60. The van der Waals surface area contributed by atoms with Crippen LogP contribution in [0.15, 0.2) is 59.9 Å². The number of aromatic nitrogens is 3. The van der Waals surface area contributed by atoms with E-state index < -0.39 is 0 Å². The van der Waals surface area contributed by atoms with Gasteiger partial charge in [0.15, 0.2) is 5.75 Å². The molecule has 0 saturated carbocycles. The Morgan fingerprint density at radius 1 is 1.44 bits per heavy atom. The number of ether oxygens (including phenoxy) is 1. The van der Waals surface area contributed by atoms with Crippen LogP contribution in [0, 0.1) is 18.3 Å². The molecule has 2 aromatic rings. The predicted octanol–water partition coefficient (Wildman–Crippen LogP) is 4.62. The molecule has 6 heteroatoms. The molecule has 128 valence electrons. The maximum Gasteiger partial charge on any atom is 0.161 e. The molecule has 0 aliphatic carbocycles. The highest BCUT2D eigenvalue weighted by Crippen LogP contribution is 2.23. The van der Waals surface area contributed by atoms with Gasteiger partial charge < -0.3 is 4.74 Å². The summed E-state index contributed by atoms with van der Waals surface area (Å²) >= 11 is 5.79. The molecule has 25 heavy (non-hydrogen) atoms. The van der Waals surface area contributed by atoms with Crippen LogP contribution < -0.4 is 4.74 Å². The molecule has 0 bridgehead atoms. The van der Waals surface area contributed by atoms with E-state index in [1.807, 2.05) is 44.2 Å². The summed E-state index contributed by atoms with van der Waals surface area (Å²) in [5.41, 5.74) is 2.96. The number of pyridine rings is 1. The number of halogens is 1. The van der Waals surface area contributed by atoms with Gasteiger partial charge >= 0.3 is 0 Å². The van der Waals surface area contributed by atoms with Crippen molar-refractivity contribution in [2.45, 2.75) is 26.9 Å². The van der Waals surface area contributed by atoms with Crippen LogP contribution in [0.4, 0.5) is 0 Å². The average molecular weight is 355 g/mol. The lowest BCUT2D eigenvalue weighted by atomic mass is 10.2. The van der Waals surface area contributed by atoms with Gasteiger partial charge in [0, 0.05) is 11.9 Å². The maximum absolute atomic E-state index is 9.05. The fourth-order valence-electron chi connectivity index (χ4n) is 2.17. The van der Waals surface area contributed by atoms with Crippen LogP contribution in [0.2, 0.25) is 0 Å². The zero-order valence-electron chi connectivity index (χ0n) is 14.2. The van der Waals surface area contributed by atoms with Crippen LogP contribution in [0.1, 0.15) is 24.7 Å². The monoisotopic (exact) mass is 354 g/mol. The van der Waals surface area contributed by atoms with Crippen molar-refractivity contribution in [3.05, 3.63) is 71.3 Å². The summed E-state index contributed by atoms with van der Waals surface area (Å²) in [6.45, 7) is 7.89. The molecule has 0 aromatic carbocycles. The fourth-order valence-corrected chi connectivity index (χ4v) is 2.27. The van der Waals surface area contributed by atoms with Gasteiger partial charge in [0.05, 0.1) is 28.2 Å². The molecule has 2 aromatic heterocycles. The highest BCUT2D eigenvalue weighted by molar-refractivity contribution is 6.32. The zero-order chi connectivity index (χ0) is 18.2. The molecule has 0 fully saturated rings. The van der Waals surface area contributed by atoms with E-state index in [4.69, 9.17) is 21.6 Å². The van der Waals surface area contributed by atoms with E-state index in [1.165, 1.54) is 0 Å². The smallest absolute Gasteiger partial charge is 0.161 e. The van der Waals surface area contributed by atoms with E-state index in [1.54, 1.807) is 23.2 Å². The Bertz CT molecular complexity index is 844. The Kier molecular flexibility index (Phi) is 6.55. The molecular formula is C19H19ClN4O. The van der Waals surface area contributed by atoms with Crippen molar-refractivity contribution in [2.75, 3.05) is 0 Å². The summed E-state index contributed by atoms with van der Waals surface area (Å²) in [6, 6.07) is 7.71. The third kappa shape index (κ3) is 4.82. The van der Waals surface area contributed by atoms with Crippen molar-refractivity contribution < 1.29 is 4.74 Å². The first-order valence-electron chi connectivity index (χ1n) is 7.80. The van der Waals surface area contributed by atoms with E-state index >= 15 is 0 Å². The van der Waals surface area contributed by atoms with Crippen molar-refractivity contribution in [1.82, 2.24) is 14.8 Å². The number of nitrogens with zero attached hydrogens (tertiary/aromatic N) is 4. The van der Waals surface area contributed by atoms with Gasteiger partial charge in [-0.1, -0.05) is 31.2 Å². The first kappa shape index (κ1) is 18.5. The summed E-state index contributed by atoms with van der Waals surface area (Å²) in [4.78, 5) is 4.23. The van der Waals surface area contributed by atoms with E-state index in [9.17, 15) is 0 Å². The molecule has 0 N–H and O–H groups in total. The molecule has 0 radical (unpaired) electrons. The SMILES string of the molecule is C=C(Cl)/C(C#N)=C\C=C(/CC)n1ncc(OCc2ccccn2)c1C. The van der Waals surface area contributed by atoms with E-state index in [0.717, 1.165) is 23.5 Å². The van der Waals surface area contributed by atoms with Gasteiger partial charge in [-0.3, -0.25) is 4.98 Å².